The van der Waals surface area contributed by atoms with Crippen molar-refractivity contribution in [1.29, 1.82) is 0 Å². The predicted octanol–water partition coefficient (Wildman–Crippen LogP) is 1.67. The van der Waals surface area contributed by atoms with Crippen LogP contribution in [0.3, 0.4) is 0 Å². The number of hydrogen-bond donors (Lipinski definition) is 2. The molecule has 1 saturated heterocycles. The highest BCUT2D eigenvalue weighted by Gasteiger charge is 2.21. The van der Waals surface area contributed by atoms with Crippen molar-refractivity contribution >= 4 is 22.9 Å². The summed E-state index contributed by atoms with van der Waals surface area (Å²) in [7, 11) is 0. The summed E-state index contributed by atoms with van der Waals surface area (Å²) in [5.74, 6) is -0.0766. The van der Waals surface area contributed by atoms with Crippen LogP contribution in [0.5, 0.6) is 0 Å². The lowest BCUT2D eigenvalue weighted by atomic mass is 9.98. The molecule has 1 aliphatic rings. The van der Waals surface area contributed by atoms with E-state index in [2.05, 4.69) is 0 Å². The number of thiocarbonyl (C=S) groups is 1. The monoisotopic (exact) mass is 268 g/mol. The first kappa shape index (κ1) is 13.2. The highest BCUT2D eigenvalue weighted by molar-refractivity contribution is 7.80. The Bertz CT molecular complexity index is 453. The number of benzene rings is 1. The summed E-state index contributed by atoms with van der Waals surface area (Å²) in [6.07, 6.45) is 1.97. The van der Waals surface area contributed by atoms with Gasteiger partial charge in [-0.1, -0.05) is 12.2 Å². The Balaban J connectivity index is 2.20. The number of aliphatic hydroxyl groups excluding tert-OH is 1. The van der Waals surface area contributed by atoms with Gasteiger partial charge >= 0.3 is 0 Å². The maximum atomic E-state index is 14.0. The van der Waals surface area contributed by atoms with Crippen LogP contribution >= 0.6 is 12.2 Å². The van der Waals surface area contributed by atoms with Gasteiger partial charge in [-0.05, 0) is 37.0 Å². The maximum absolute atomic E-state index is 14.0. The van der Waals surface area contributed by atoms with Gasteiger partial charge in [0.15, 0.2) is 0 Å². The summed E-state index contributed by atoms with van der Waals surface area (Å²) in [6.45, 7) is 1.67. The summed E-state index contributed by atoms with van der Waals surface area (Å²) < 4.78 is 14.0. The molecule has 5 heteroatoms. The fraction of sp³-hybridized carbons (Fsp3) is 0.462. The minimum atomic E-state index is -0.307. The average Bonchev–Trinajstić information content (AvgIpc) is 2.38. The first-order valence-corrected chi connectivity index (χ1v) is 6.48. The Hall–Kier alpha value is -1.20. The van der Waals surface area contributed by atoms with Crippen molar-refractivity contribution in [2.75, 3.05) is 24.6 Å². The summed E-state index contributed by atoms with van der Waals surface area (Å²) in [6, 6.07) is 4.83. The molecule has 0 aliphatic carbocycles. The SMILES string of the molecule is NC(=S)c1ccc(N2CCCC(CO)C2)c(F)c1. The van der Waals surface area contributed by atoms with E-state index in [0.717, 1.165) is 19.4 Å². The van der Waals surface area contributed by atoms with Gasteiger partial charge in [0.25, 0.3) is 0 Å². The summed E-state index contributed by atoms with van der Waals surface area (Å²) in [5, 5.41) is 9.19. The van der Waals surface area contributed by atoms with Crippen LogP contribution in [0.2, 0.25) is 0 Å². The molecule has 0 aromatic heterocycles. The highest BCUT2D eigenvalue weighted by atomic mass is 32.1. The molecular weight excluding hydrogens is 251 g/mol. The fourth-order valence-corrected chi connectivity index (χ4v) is 2.48. The van der Waals surface area contributed by atoms with Crippen LogP contribution in [0.1, 0.15) is 18.4 Å². The second kappa shape index (κ2) is 5.63. The van der Waals surface area contributed by atoms with Crippen LogP contribution in [-0.4, -0.2) is 29.8 Å². The van der Waals surface area contributed by atoms with Crippen LogP contribution in [0.25, 0.3) is 0 Å². The van der Waals surface area contributed by atoms with E-state index < -0.39 is 0 Å². The molecule has 0 spiro atoms. The second-order valence-corrected chi connectivity index (χ2v) is 5.11. The largest absolute Gasteiger partial charge is 0.396 e. The van der Waals surface area contributed by atoms with Gasteiger partial charge in [0.2, 0.25) is 0 Å². The average molecular weight is 268 g/mol. The maximum Gasteiger partial charge on any atom is 0.147 e. The molecule has 0 saturated carbocycles. The summed E-state index contributed by atoms with van der Waals surface area (Å²) in [4.78, 5) is 2.18. The highest BCUT2D eigenvalue weighted by Crippen LogP contribution is 2.26. The van der Waals surface area contributed by atoms with E-state index in [4.69, 9.17) is 18.0 Å². The van der Waals surface area contributed by atoms with Crippen molar-refractivity contribution in [3.8, 4) is 0 Å². The normalized spacial score (nSPS) is 19.9. The lowest BCUT2D eigenvalue weighted by Gasteiger charge is -2.33. The van der Waals surface area contributed by atoms with Crippen molar-refractivity contribution in [3.05, 3.63) is 29.6 Å². The molecule has 1 heterocycles. The van der Waals surface area contributed by atoms with Gasteiger partial charge < -0.3 is 15.7 Å². The topological polar surface area (TPSA) is 49.5 Å². The first-order chi connectivity index (χ1) is 8.61. The third-order valence-corrected chi connectivity index (χ3v) is 3.59. The van der Waals surface area contributed by atoms with Crippen LogP contribution in [0, 0.1) is 11.7 Å². The molecular formula is C13H17FN2OS. The van der Waals surface area contributed by atoms with Crippen molar-refractivity contribution in [2.24, 2.45) is 11.7 Å². The molecule has 0 bridgehead atoms. The number of piperidine rings is 1. The van der Waals surface area contributed by atoms with Crippen molar-refractivity contribution in [3.63, 3.8) is 0 Å². The number of anilines is 1. The van der Waals surface area contributed by atoms with E-state index in [-0.39, 0.29) is 23.3 Å². The van der Waals surface area contributed by atoms with E-state index in [1.54, 1.807) is 12.1 Å². The van der Waals surface area contributed by atoms with Crippen LogP contribution in [0.4, 0.5) is 10.1 Å². The van der Waals surface area contributed by atoms with E-state index >= 15 is 0 Å². The molecule has 3 nitrogen and oxygen atoms in total. The van der Waals surface area contributed by atoms with E-state index in [1.807, 2.05) is 4.90 Å². The van der Waals surface area contributed by atoms with Gasteiger partial charge in [0, 0.05) is 25.3 Å². The molecule has 1 fully saturated rings. The van der Waals surface area contributed by atoms with Gasteiger partial charge in [0.1, 0.15) is 10.8 Å². The lowest BCUT2D eigenvalue weighted by Crippen LogP contribution is -2.37. The van der Waals surface area contributed by atoms with Gasteiger partial charge in [-0.15, -0.1) is 0 Å². The number of nitrogens with zero attached hydrogens (tertiary/aromatic N) is 1. The molecule has 1 unspecified atom stereocenters. The number of hydrogen-bond acceptors (Lipinski definition) is 3. The van der Waals surface area contributed by atoms with E-state index in [1.165, 1.54) is 6.07 Å². The van der Waals surface area contributed by atoms with Gasteiger partial charge in [-0.25, -0.2) is 4.39 Å². The molecule has 3 N–H and O–H groups in total. The standard InChI is InChI=1S/C13H17FN2OS/c14-11-6-10(13(15)18)3-4-12(11)16-5-1-2-9(7-16)8-17/h3-4,6,9,17H,1-2,5,7-8H2,(H2,15,18). The van der Waals surface area contributed by atoms with Gasteiger partial charge in [0.05, 0.1) is 5.69 Å². The zero-order valence-electron chi connectivity index (χ0n) is 10.1. The molecule has 0 radical (unpaired) electrons. The van der Waals surface area contributed by atoms with Gasteiger partial charge in [-0.3, -0.25) is 0 Å². The lowest BCUT2D eigenvalue weighted by molar-refractivity contribution is 0.208. The molecule has 0 amide bonds. The van der Waals surface area contributed by atoms with E-state index in [9.17, 15) is 9.50 Å². The predicted molar refractivity (Wildman–Crippen MR) is 74.3 cm³/mol. The first-order valence-electron chi connectivity index (χ1n) is 6.07. The Morgan fingerprint density at radius 2 is 2.33 bits per heavy atom. The Morgan fingerprint density at radius 3 is 2.94 bits per heavy atom. The molecule has 1 aromatic rings. The molecule has 1 aliphatic heterocycles. The third-order valence-electron chi connectivity index (χ3n) is 3.35. The fourth-order valence-electron chi connectivity index (χ4n) is 2.35. The smallest absolute Gasteiger partial charge is 0.147 e. The Labute approximate surface area is 111 Å². The summed E-state index contributed by atoms with van der Waals surface area (Å²) in [5.41, 5.74) is 6.58. The Morgan fingerprint density at radius 1 is 1.56 bits per heavy atom. The van der Waals surface area contributed by atoms with Crippen LogP contribution in [-0.2, 0) is 0 Å². The van der Waals surface area contributed by atoms with Crippen molar-refractivity contribution in [1.82, 2.24) is 0 Å². The number of halogens is 1. The molecule has 2 rings (SSSR count). The summed E-state index contributed by atoms with van der Waals surface area (Å²) >= 11 is 4.82. The van der Waals surface area contributed by atoms with Crippen molar-refractivity contribution < 1.29 is 9.50 Å². The van der Waals surface area contributed by atoms with Crippen LogP contribution in [0.15, 0.2) is 18.2 Å². The number of rotatable bonds is 3. The third kappa shape index (κ3) is 2.79. The van der Waals surface area contributed by atoms with Crippen molar-refractivity contribution in [2.45, 2.75) is 12.8 Å². The zero-order valence-corrected chi connectivity index (χ0v) is 10.9. The van der Waals surface area contributed by atoms with Crippen LogP contribution < -0.4 is 10.6 Å². The zero-order chi connectivity index (χ0) is 13.1. The molecule has 1 aromatic carbocycles. The second-order valence-electron chi connectivity index (χ2n) is 4.67. The molecule has 18 heavy (non-hydrogen) atoms. The number of aliphatic hydroxyl groups is 1. The minimum absolute atomic E-state index is 0.156. The minimum Gasteiger partial charge on any atom is -0.396 e. The van der Waals surface area contributed by atoms with Gasteiger partial charge in [-0.2, -0.15) is 0 Å². The Kier molecular flexibility index (Phi) is 4.14. The van der Waals surface area contributed by atoms with E-state index in [0.29, 0.717) is 17.8 Å². The number of nitrogens with two attached hydrogens (primary N) is 1. The molecule has 98 valence electrons. The quantitative estimate of drug-likeness (QED) is 0.819. The molecule has 1 atom stereocenters.